The minimum Gasteiger partial charge on any atom is -0.217 e. The highest BCUT2D eigenvalue weighted by Crippen LogP contribution is 2.47. The molecule has 1 nitrogen and oxygen atoms in total. The Kier molecular flexibility index (Phi) is 3.26. The number of alkyl halides is 4. The molecule has 0 aliphatic rings. The van der Waals surface area contributed by atoms with Crippen molar-refractivity contribution in [1.29, 1.82) is 5.26 Å². The number of hydrogen-bond acceptors (Lipinski definition) is 1. The first-order chi connectivity index (χ1) is 6.42. The maximum Gasteiger partial charge on any atom is 0.267 e. The predicted octanol–water partition coefficient (Wildman–Crippen LogP) is 3.75. The molecule has 14 heavy (non-hydrogen) atoms. The fourth-order valence-corrected chi connectivity index (χ4v) is 1.41. The summed E-state index contributed by atoms with van der Waals surface area (Å²) in [6, 6.07) is 8.97. The molecule has 0 bridgehead atoms. The van der Waals surface area contributed by atoms with Crippen molar-refractivity contribution in [3.8, 4) is 6.07 Å². The zero-order valence-electron chi connectivity index (χ0n) is 6.85. The summed E-state index contributed by atoms with van der Waals surface area (Å²) >= 11 is 16.2. The van der Waals surface area contributed by atoms with Crippen molar-refractivity contribution < 1.29 is 4.39 Å². The van der Waals surface area contributed by atoms with Gasteiger partial charge in [-0.15, -0.1) is 0 Å². The molecule has 74 valence electrons. The number of nitriles is 1. The van der Waals surface area contributed by atoms with Gasteiger partial charge in [-0.3, -0.25) is 0 Å². The first-order valence-corrected chi connectivity index (χ1v) is 4.77. The molecule has 1 aromatic carbocycles. The fourth-order valence-electron chi connectivity index (χ4n) is 0.959. The number of benzene rings is 1. The Labute approximate surface area is 96.0 Å². The Balaban J connectivity index is 3.25. The monoisotopic (exact) mass is 251 g/mol. The molecule has 0 heterocycles. The van der Waals surface area contributed by atoms with E-state index in [9.17, 15) is 4.39 Å². The summed E-state index contributed by atoms with van der Waals surface area (Å²) < 4.78 is 11.7. The third-order valence-corrected chi connectivity index (χ3v) is 2.50. The van der Waals surface area contributed by atoms with Crippen LogP contribution in [-0.4, -0.2) is 3.79 Å². The third kappa shape index (κ3) is 1.95. The summed E-state index contributed by atoms with van der Waals surface area (Å²) in [6.45, 7) is 0. The van der Waals surface area contributed by atoms with Crippen molar-refractivity contribution in [2.45, 2.75) is 9.46 Å². The molecule has 0 amide bonds. The molecule has 1 aromatic rings. The van der Waals surface area contributed by atoms with Gasteiger partial charge >= 0.3 is 0 Å². The first-order valence-electron chi connectivity index (χ1n) is 3.64. The van der Waals surface area contributed by atoms with Crippen LogP contribution in [0.15, 0.2) is 30.3 Å². The molecular formula is C9H5Cl3FN. The zero-order chi connectivity index (χ0) is 10.8. The lowest BCUT2D eigenvalue weighted by Crippen LogP contribution is -2.33. The van der Waals surface area contributed by atoms with E-state index in [0.29, 0.717) is 0 Å². The number of halogens is 4. The minimum atomic E-state index is -2.63. The van der Waals surface area contributed by atoms with Crippen LogP contribution in [0.4, 0.5) is 4.39 Å². The molecule has 0 saturated carbocycles. The van der Waals surface area contributed by atoms with Crippen LogP contribution < -0.4 is 0 Å². The van der Waals surface area contributed by atoms with Gasteiger partial charge in [-0.1, -0.05) is 65.1 Å². The van der Waals surface area contributed by atoms with E-state index in [0.717, 1.165) is 0 Å². The lowest BCUT2D eigenvalue weighted by molar-refractivity contribution is 0.249. The standard InChI is InChI=1S/C9H5Cl3FN/c10-9(11,12)8(13,6-14)7-4-2-1-3-5-7/h1-5H. The summed E-state index contributed by atoms with van der Waals surface area (Å²) in [6.07, 6.45) is 0. The van der Waals surface area contributed by atoms with Crippen molar-refractivity contribution in [3.05, 3.63) is 35.9 Å². The van der Waals surface area contributed by atoms with Crippen molar-refractivity contribution in [3.63, 3.8) is 0 Å². The highest BCUT2D eigenvalue weighted by molar-refractivity contribution is 6.68. The molecule has 1 atom stereocenters. The van der Waals surface area contributed by atoms with E-state index in [-0.39, 0.29) is 5.56 Å². The van der Waals surface area contributed by atoms with Crippen molar-refractivity contribution in [2.75, 3.05) is 0 Å². The van der Waals surface area contributed by atoms with E-state index in [4.69, 9.17) is 40.1 Å². The Morgan fingerprint density at radius 3 is 2.00 bits per heavy atom. The summed E-state index contributed by atoms with van der Waals surface area (Å²) in [5, 5.41) is 8.70. The van der Waals surface area contributed by atoms with Gasteiger partial charge in [0.2, 0.25) is 3.79 Å². The number of hydrogen-bond donors (Lipinski definition) is 0. The van der Waals surface area contributed by atoms with Gasteiger partial charge in [0.05, 0.1) is 0 Å². The van der Waals surface area contributed by atoms with Crippen LogP contribution in [0.3, 0.4) is 0 Å². The van der Waals surface area contributed by atoms with E-state index in [1.807, 2.05) is 0 Å². The molecule has 0 radical (unpaired) electrons. The molecule has 0 N–H and O–H groups in total. The van der Waals surface area contributed by atoms with Crippen LogP contribution in [0.2, 0.25) is 0 Å². The molecule has 0 aliphatic heterocycles. The van der Waals surface area contributed by atoms with E-state index < -0.39 is 9.46 Å². The molecule has 0 aliphatic carbocycles. The van der Waals surface area contributed by atoms with Crippen LogP contribution in [0.25, 0.3) is 0 Å². The second-order valence-corrected chi connectivity index (χ2v) is 4.92. The van der Waals surface area contributed by atoms with E-state index in [1.54, 1.807) is 18.2 Å². The number of rotatable bonds is 1. The van der Waals surface area contributed by atoms with Gasteiger partial charge in [0.25, 0.3) is 5.67 Å². The Hall–Kier alpha value is -0.490. The average Bonchev–Trinajstić information content (AvgIpc) is 2.16. The highest BCUT2D eigenvalue weighted by atomic mass is 35.6. The first kappa shape index (κ1) is 11.6. The number of nitrogens with zero attached hydrogens (tertiary/aromatic N) is 1. The second kappa shape index (κ2) is 3.94. The van der Waals surface area contributed by atoms with E-state index in [2.05, 4.69) is 0 Å². The highest BCUT2D eigenvalue weighted by Gasteiger charge is 2.51. The Bertz CT molecular complexity index is 355. The van der Waals surface area contributed by atoms with Crippen molar-refractivity contribution in [2.24, 2.45) is 0 Å². The van der Waals surface area contributed by atoms with E-state index >= 15 is 0 Å². The predicted molar refractivity (Wildman–Crippen MR) is 55.1 cm³/mol. The van der Waals surface area contributed by atoms with Crippen molar-refractivity contribution >= 4 is 34.8 Å². The smallest absolute Gasteiger partial charge is 0.217 e. The molecule has 5 heteroatoms. The quantitative estimate of drug-likeness (QED) is 0.698. The van der Waals surface area contributed by atoms with Gasteiger partial charge in [0.1, 0.15) is 6.07 Å². The minimum absolute atomic E-state index is 0.0301. The molecule has 1 rings (SSSR count). The molecule has 0 spiro atoms. The fraction of sp³-hybridized carbons (Fsp3) is 0.222. The van der Waals surface area contributed by atoms with Crippen LogP contribution >= 0.6 is 34.8 Å². The largest absolute Gasteiger partial charge is 0.267 e. The third-order valence-electron chi connectivity index (χ3n) is 1.72. The normalized spacial score (nSPS) is 15.6. The Morgan fingerprint density at radius 2 is 1.64 bits per heavy atom. The lowest BCUT2D eigenvalue weighted by Gasteiger charge is -2.25. The van der Waals surface area contributed by atoms with Gasteiger partial charge in [-0.25, -0.2) is 4.39 Å². The molecule has 1 unspecified atom stereocenters. The molecule has 0 saturated heterocycles. The van der Waals surface area contributed by atoms with Gasteiger partial charge in [-0.05, 0) is 0 Å². The van der Waals surface area contributed by atoms with Crippen LogP contribution in [0.1, 0.15) is 5.56 Å². The van der Waals surface area contributed by atoms with Crippen LogP contribution in [0, 0.1) is 11.3 Å². The summed E-state index contributed by atoms with van der Waals surface area (Å²) in [5.74, 6) is 0. The summed E-state index contributed by atoms with van der Waals surface area (Å²) in [7, 11) is 0. The SMILES string of the molecule is N#CC(F)(c1ccccc1)C(Cl)(Cl)Cl. The van der Waals surface area contributed by atoms with E-state index in [1.165, 1.54) is 18.2 Å². The van der Waals surface area contributed by atoms with Gasteiger partial charge in [-0.2, -0.15) is 5.26 Å². The Morgan fingerprint density at radius 1 is 1.14 bits per heavy atom. The molecular weight excluding hydrogens is 247 g/mol. The maximum absolute atomic E-state index is 14.0. The maximum atomic E-state index is 14.0. The van der Waals surface area contributed by atoms with Gasteiger partial charge < -0.3 is 0 Å². The van der Waals surface area contributed by atoms with Gasteiger partial charge in [0.15, 0.2) is 0 Å². The lowest BCUT2D eigenvalue weighted by atomic mass is 9.99. The summed E-state index contributed by atoms with van der Waals surface area (Å²) in [5.41, 5.74) is -2.60. The van der Waals surface area contributed by atoms with Gasteiger partial charge in [0, 0.05) is 5.56 Å². The molecule has 0 fully saturated rings. The average molecular weight is 253 g/mol. The van der Waals surface area contributed by atoms with Crippen molar-refractivity contribution in [1.82, 2.24) is 0 Å². The second-order valence-electron chi connectivity index (χ2n) is 2.63. The van der Waals surface area contributed by atoms with Crippen LogP contribution in [-0.2, 0) is 5.67 Å². The van der Waals surface area contributed by atoms with Crippen LogP contribution in [0.5, 0.6) is 0 Å². The topological polar surface area (TPSA) is 23.8 Å². The molecule has 0 aromatic heterocycles. The zero-order valence-corrected chi connectivity index (χ0v) is 9.11. The summed E-state index contributed by atoms with van der Waals surface area (Å²) in [4.78, 5) is 0.